The molecule has 100 valence electrons. The molecule has 4 nitrogen and oxygen atoms in total. The first-order valence-corrected chi connectivity index (χ1v) is 6.82. The van der Waals surface area contributed by atoms with Gasteiger partial charge in [-0.2, -0.15) is 0 Å². The minimum atomic E-state index is -0.000522. The summed E-state index contributed by atoms with van der Waals surface area (Å²) in [5.41, 5.74) is 5.82. The fourth-order valence-electron chi connectivity index (χ4n) is 2.08. The topological polar surface area (TPSA) is 55.6 Å². The van der Waals surface area contributed by atoms with E-state index in [0.29, 0.717) is 6.42 Å². The van der Waals surface area contributed by atoms with Crippen LogP contribution in [0, 0.1) is 0 Å². The lowest BCUT2D eigenvalue weighted by atomic mass is 10.1. The lowest BCUT2D eigenvalue weighted by Crippen LogP contribution is -2.44. The normalized spacial score (nSPS) is 22.5. The van der Waals surface area contributed by atoms with Crippen molar-refractivity contribution in [1.82, 2.24) is 4.90 Å². The zero-order chi connectivity index (χ0) is 12.7. The summed E-state index contributed by atoms with van der Waals surface area (Å²) < 4.78 is 5.72. The number of hydrogen-bond acceptors (Lipinski definition) is 3. The third-order valence-corrected chi connectivity index (χ3v) is 3.25. The van der Waals surface area contributed by atoms with E-state index in [1.165, 1.54) is 0 Å². The Morgan fingerprint density at radius 1 is 1.53 bits per heavy atom. The molecule has 0 aliphatic carbocycles. The number of likely N-dealkylation sites (tertiary alicyclic amines) is 1. The Hall–Kier alpha value is -0.610. The summed E-state index contributed by atoms with van der Waals surface area (Å²) >= 11 is 0. The number of carbonyl (C=O) groups excluding carboxylic acids is 1. The molecule has 0 radical (unpaired) electrons. The van der Waals surface area contributed by atoms with Gasteiger partial charge in [-0.25, -0.2) is 0 Å². The van der Waals surface area contributed by atoms with Gasteiger partial charge in [-0.15, -0.1) is 0 Å². The summed E-state index contributed by atoms with van der Waals surface area (Å²) in [4.78, 5) is 13.9. The molecule has 4 heteroatoms. The van der Waals surface area contributed by atoms with Gasteiger partial charge in [0.2, 0.25) is 5.91 Å². The van der Waals surface area contributed by atoms with Crippen molar-refractivity contribution >= 4 is 5.91 Å². The molecule has 0 spiro atoms. The Bertz CT molecular complexity index is 233. The summed E-state index contributed by atoms with van der Waals surface area (Å²) in [6.45, 7) is 6.52. The first kappa shape index (κ1) is 14.5. The summed E-state index contributed by atoms with van der Waals surface area (Å²) in [5.74, 6) is 0.184. The van der Waals surface area contributed by atoms with Gasteiger partial charge in [0.25, 0.3) is 0 Å². The maximum atomic E-state index is 12.0. The average molecular weight is 242 g/mol. The molecule has 17 heavy (non-hydrogen) atoms. The molecule has 1 fully saturated rings. The molecule has 1 rings (SSSR count). The van der Waals surface area contributed by atoms with Crippen molar-refractivity contribution in [1.29, 1.82) is 0 Å². The first-order chi connectivity index (χ1) is 8.17. The molecule has 2 unspecified atom stereocenters. The number of nitrogens with two attached hydrogens (primary N) is 1. The van der Waals surface area contributed by atoms with Crippen LogP contribution in [0.25, 0.3) is 0 Å². The van der Waals surface area contributed by atoms with Crippen LogP contribution in [-0.4, -0.2) is 42.6 Å². The van der Waals surface area contributed by atoms with E-state index in [2.05, 4.69) is 6.92 Å². The van der Waals surface area contributed by atoms with Gasteiger partial charge in [0.1, 0.15) is 0 Å². The molecule has 2 atom stereocenters. The van der Waals surface area contributed by atoms with Crippen LogP contribution < -0.4 is 5.73 Å². The van der Waals surface area contributed by atoms with E-state index in [0.717, 1.165) is 45.4 Å². The molecule has 0 aromatic heterocycles. The van der Waals surface area contributed by atoms with Gasteiger partial charge >= 0.3 is 0 Å². The third kappa shape index (κ3) is 5.04. The minimum Gasteiger partial charge on any atom is -0.376 e. The molecule has 0 aromatic carbocycles. The second-order valence-corrected chi connectivity index (χ2v) is 4.85. The highest BCUT2D eigenvalue weighted by molar-refractivity contribution is 5.76. The standard InChI is InChI=1S/C13H26N2O2/c1-3-8-17-12-6-5-7-15(10-12)13(16)9-11(14)4-2/h11-12H,3-10,14H2,1-2H3. The lowest BCUT2D eigenvalue weighted by molar-refractivity contribution is -0.135. The molecular weight excluding hydrogens is 216 g/mol. The van der Waals surface area contributed by atoms with E-state index in [4.69, 9.17) is 10.5 Å². The number of nitrogens with zero attached hydrogens (tertiary/aromatic N) is 1. The van der Waals surface area contributed by atoms with E-state index >= 15 is 0 Å². The van der Waals surface area contributed by atoms with Crippen LogP contribution in [0.4, 0.5) is 0 Å². The van der Waals surface area contributed by atoms with Gasteiger partial charge in [0.15, 0.2) is 0 Å². The lowest BCUT2D eigenvalue weighted by Gasteiger charge is -2.33. The molecular formula is C13H26N2O2. The molecule has 0 bridgehead atoms. The smallest absolute Gasteiger partial charge is 0.224 e. The summed E-state index contributed by atoms with van der Waals surface area (Å²) in [7, 11) is 0. The van der Waals surface area contributed by atoms with E-state index in [1.807, 2.05) is 11.8 Å². The van der Waals surface area contributed by atoms with Crippen molar-refractivity contribution in [3.8, 4) is 0 Å². The summed E-state index contributed by atoms with van der Waals surface area (Å²) in [5, 5.41) is 0. The maximum Gasteiger partial charge on any atom is 0.224 e. The second kappa shape index (κ2) is 7.67. The van der Waals surface area contributed by atoms with Crippen molar-refractivity contribution in [2.75, 3.05) is 19.7 Å². The van der Waals surface area contributed by atoms with Crippen molar-refractivity contribution in [3.05, 3.63) is 0 Å². The molecule has 1 heterocycles. The predicted octanol–water partition coefficient (Wildman–Crippen LogP) is 1.53. The van der Waals surface area contributed by atoms with Crippen LogP contribution in [0.2, 0.25) is 0 Å². The van der Waals surface area contributed by atoms with Gasteiger partial charge in [0.05, 0.1) is 6.10 Å². The molecule has 0 aromatic rings. The quantitative estimate of drug-likeness (QED) is 0.768. The highest BCUT2D eigenvalue weighted by Gasteiger charge is 2.24. The number of rotatable bonds is 6. The van der Waals surface area contributed by atoms with Crippen molar-refractivity contribution in [2.24, 2.45) is 5.73 Å². The van der Waals surface area contributed by atoms with Crippen molar-refractivity contribution in [2.45, 2.75) is 58.1 Å². The van der Waals surface area contributed by atoms with Crippen molar-refractivity contribution < 1.29 is 9.53 Å². The average Bonchev–Trinajstić information content (AvgIpc) is 2.36. The minimum absolute atomic E-state index is 0.000522. The predicted molar refractivity (Wildman–Crippen MR) is 68.7 cm³/mol. The van der Waals surface area contributed by atoms with Crippen LogP contribution >= 0.6 is 0 Å². The van der Waals surface area contributed by atoms with Crippen molar-refractivity contribution in [3.63, 3.8) is 0 Å². The Morgan fingerprint density at radius 3 is 2.94 bits per heavy atom. The highest BCUT2D eigenvalue weighted by Crippen LogP contribution is 2.15. The molecule has 1 aliphatic heterocycles. The highest BCUT2D eigenvalue weighted by atomic mass is 16.5. The molecule has 1 amide bonds. The van der Waals surface area contributed by atoms with E-state index in [1.54, 1.807) is 0 Å². The monoisotopic (exact) mass is 242 g/mol. The zero-order valence-electron chi connectivity index (χ0n) is 11.2. The Balaban J connectivity index is 2.35. The Kier molecular flexibility index (Phi) is 6.52. The van der Waals surface area contributed by atoms with Gasteiger partial charge in [-0.3, -0.25) is 4.79 Å². The van der Waals surface area contributed by atoms with Crippen LogP contribution in [0.5, 0.6) is 0 Å². The van der Waals surface area contributed by atoms with Crippen LogP contribution in [0.1, 0.15) is 46.0 Å². The van der Waals surface area contributed by atoms with Gasteiger partial charge in [0, 0.05) is 32.2 Å². The molecule has 1 saturated heterocycles. The fourth-order valence-corrected chi connectivity index (χ4v) is 2.08. The summed E-state index contributed by atoms with van der Waals surface area (Å²) in [6, 6.07) is -0.000522. The number of amides is 1. The molecule has 0 saturated carbocycles. The van der Waals surface area contributed by atoms with Crippen LogP contribution in [0.3, 0.4) is 0 Å². The third-order valence-electron chi connectivity index (χ3n) is 3.25. The Morgan fingerprint density at radius 2 is 2.29 bits per heavy atom. The van der Waals surface area contributed by atoms with E-state index < -0.39 is 0 Å². The largest absolute Gasteiger partial charge is 0.376 e. The van der Waals surface area contributed by atoms with Gasteiger partial charge < -0.3 is 15.4 Å². The Labute approximate surface area is 104 Å². The van der Waals surface area contributed by atoms with Crippen LogP contribution in [-0.2, 0) is 9.53 Å². The number of carbonyl (C=O) groups is 1. The molecule has 2 N–H and O–H groups in total. The number of hydrogen-bond donors (Lipinski definition) is 1. The first-order valence-electron chi connectivity index (χ1n) is 6.82. The SMILES string of the molecule is CCCOC1CCCN(C(=O)CC(N)CC)C1. The van der Waals surface area contributed by atoms with E-state index in [9.17, 15) is 4.79 Å². The van der Waals surface area contributed by atoms with Crippen LogP contribution in [0.15, 0.2) is 0 Å². The fraction of sp³-hybridized carbons (Fsp3) is 0.923. The maximum absolute atomic E-state index is 12.0. The number of ether oxygens (including phenoxy) is 1. The van der Waals surface area contributed by atoms with E-state index in [-0.39, 0.29) is 18.1 Å². The molecule has 1 aliphatic rings. The van der Waals surface area contributed by atoms with Gasteiger partial charge in [-0.05, 0) is 25.7 Å². The zero-order valence-corrected chi connectivity index (χ0v) is 11.2. The second-order valence-electron chi connectivity index (χ2n) is 4.85. The number of piperidine rings is 1. The summed E-state index contributed by atoms with van der Waals surface area (Å²) in [6.07, 6.45) is 4.70. The van der Waals surface area contributed by atoms with Gasteiger partial charge in [-0.1, -0.05) is 13.8 Å².